The number of hydrogen-bond acceptors (Lipinski definition) is 2. The Labute approximate surface area is 47.1 Å². The van der Waals surface area contributed by atoms with Crippen molar-refractivity contribution in [2.75, 3.05) is 0 Å². The van der Waals surface area contributed by atoms with E-state index >= 15 is 0 Å². The largest absolute Gasteiger partial charge is 0.367 e. The van der Waals surface area contributed by atoms with E-state index in [0.717, 1.165) is 0 Å². The van der Waals surface area contributed by atoms with Gasteiger partial charge in [-0.3, -0.25) is 4.79 Å². The second kappa shape index (κ2) is 1.59. The molecule has 2 atom stereocenters. The van der Waals surface area contributed by atoms with E-state index in [1.54, 1.807) is 6.08 Å². The van der Waals surface area contributed by atoms with E-state index in [9.17, 15) is 4.79 Å². The van der Waals surface area contributed by atoms with Gasteiger partial charge < -0.3 is 10.5 Å². The van der Waals surface area contributed by atoms with Crippen molar-refractivity contribution in [3.05, 3.63) is 12.7 Å². The molecule has 44 valence electrons. The van der Waals surface area contributed by atoms with Gasteiger partial charge in [-0.1, -0.05) is 6.08 Å². The molecule has 0 aromatic heterocycles. The van der Waals surface area contributed by atoms with Gasteiger partial charge in [-0.15, -0.1) is 6.58 Å². The molecule has 0 bridgehead atoms. The predicted molar refractivity (Wildman–Crippen MR) is 28.1 cm³/mol. The molecule has 1 aliphatic rings. The Morgan fingerprint density at radius 3 is 2.62 bits per heavy atom. The average Bonchev–Trinajstić information content (AvgIpc) is 2.42. The van der Waals surface area contributed by atoms with E-state index in [0.29, 0.717) is 0 Å². The van der Waals surface area contributed by atoms with Crippen LogP contribution in [0.5, 0.6) is 0 Å². The molecular weight excluding hydrogens is 106 g/mol. The molecule has 0 saturated carbocycles. The maximum Gasteiger partial charge on any atom is 0.249 e. The van der Waals surface area contributed by atoms with E-state index in [2.05, 4.69) is 6.58 Å². The Balaban J connectivity index is 2.36. The fraction of sp³-hybridized carbons (Fsp3) is 0.400. The van der Waals surface area contributed by atoms with Gasteiger partial charge in [0.25, 0.3) is 0 Å². The Morgan fingerprint density at radius 1 is 1.88 bits per heavy atom. The first-order valence-electron chi connectivity index (χ1n) is 2.33. The molecule has 1 rings (SSSR count). The van der Waals surface area contributed by atoms with Crippen LogP contribution in [0, 0.1) is 0 Å². The monoisotopic (exact) mass is 113 g/mol. The summed E-state index contributed by atoms with van der Waals surface area (Å²) in [6.07, 6.45) is 1.05. The average molecular weight is 113 g/mol. The molecule has 8 heavy (non-hydrogen) atoms. The van der Waals surface area contributed by atoms with Gasteiger partial charge in [0, 0.05) is 0 Å². The van der Waals surface area contributed by atoms with Crippen LogP contribution in [0.3, 0.4) is 0 Å². The zero-order valence-electron chi connectivity index (χ0n) is 4.33. The van der Waals surface area contributed by atoms with E-state index in [1.807, 2.05) is 0 Å². The van der Waals surface area contributed by atoms with Gasteiger partial charge in [0.2, 0.25) is 5.91 Å². The van der Waals surface area contributed by atoms with Crippen molar-refractivity contribution in [1.82, 2.24) is 0 Å². The first-order chi connectivity index (χ1) is 3.75. The Kier molecular flexibility index (Phi) is 1.06. The van der Waals surface area contributed by atoms with Crippen molar-refractivity contribution in [3.63, 3.8) is 0 Å². The molecule has 1 heterocycles. The van der Waals surface area contributed by atoms with Crippen LogP contribution < -0.4 is 5.73 Å². The van der Waals surface area contributed by atoms with Crippen LogP contribution in [0.2, 0.25) is 0 Å². The molecule has 0 aromatic rings. The third-order valence-corrected chi connectivity index (χ3v) is 1.04. The molecule has 1 aliphatic heterocycles. The van der Waals surface area contributed by atoms with Gasteiger partial charge in [0.15, 0.2) is 6.10 Å². The third kappa shape index (κ3) is 0.721. The highest BCUT2D eigenvalue weighted by Crippen LogP contribution is 2.21. The number of nitrogens with two attached hydrogens (primary N) is 1. The van der Waals surface area contributed by atoms with Crippen LogP contribution in [0.1, 0.15) is 0 Å². The number of hydrogen-bond donors (Lipinski definition) is 1. The van der Waals surface area contributed by atoms with Crippen LogP contribution in [-0.4, -0.2) is 18.1 Å². The van der Waals surface area contributed by atoms with Crippen molar-refractivity contribution in [2.45, 2.75) is 12.2 Å². The normalized spacial score (nSPS) is 34.0. The minimum atomic E-state index is -0.408. The molecule has 2 unspecified atom stereocenters. The summed E-state index contributed by atoms with van der Waals surface area (Å²) in [7, 11) is 0. The van der Waals surface area contributed by atoms with Crippen LogP contribution in [0.4, 0.5) is 0 Å². The summed E-state index contributed by atoms with van der Waals surface area (Å²) in [5.41, 5.74) is 4.85. The molecular formula is C5H7NO2. The lowest BCUT2D eigenvalue weighted by Gasteiger charge is -1.76. The smallest absolute Gasteiger partial charge is 0.249 e. The van der Waals surface area contributed by atoms with E-state index < -0.39 is 12.0 Å². The minimum Gasteiger partial charge on any atom is -0.367 e. The maximum absolute atomic E-state index is 10.2. The summed E-state index contributed by atoms with van der Waals surface area (Å²) in [6.45, 7) is 3.42. The number of rotatable bonds is 2. The summed E-state index contributed by atoms with van der Waals surface area (Å²) in [5, 5.41) is 0. The lowest BCUT2D eigenvalue weighted by molar-refractivity contribution is -0.119. The summed E-state index contributed by atoms with van der Waals surface area (Å²) in [5.74, 6) is -0.408. The second-order valence-corrected chi connectivity index (χ2v) is 1.66. The van der Waals surface area contributed by atoms with Crippen LogP contribution in [-0.2, 0) is 9.53 Å². The highest BCUT2D eigenvalue weighted by molar-refractivity contribution is 5.82. The molecule has 0 aliphatic carbocycles. The van der Waals surface area contributed by atoms with Gasteiger partial charge in [-0.25, -0.2) is 0 Å². The first-order valence-corrected chi connectivity index (χ1v) is 2.33. The number of carbonyl (C=O) groups excluding carboxylic acids is 1. The van der Waals surface area contributed by atoms with Crippen molar-refractivity contribution in [1.29, 1.82) is 0 Å². The third-order valence-electron chi connectivity index (χ3n) is 1.04. The number of ether oxygens (including phenoxy) is 1. The van der Waals surface area contributed by atoms with Gasteiger partial charge in [-0.2, -0.15) is 0 Å². The highest BCUT2D eigenvalue weighted by atomic mass is 16.6. The van der Waals surface area contributed by atoms with Crippen molar-refractivity contribution >= 4 is 5.91 Å². The number of amides is 1. The van der Waals surface area contributed by atoms with Crippen LogP contribution in [0.15, 0.2) is 12.7 Å². The highest BCUT2D eigenvalue weighted by Gasteiger charge is 2.40. The fourth-order valence-electron chi connectivity index (χ4n) is 0.532. The van der Waals surface area contributed by atoms with Crippen molar-refractivity contribution in [2.24, 2.45) is 5.73 Å². The molecule has 2 N–H and O–H groups in total. The molecule has 1 fully saturated rings. The SMILES string of the molecule is C=CC1OC1C(N)=O. The van der Waals surface area contributed by atoms with Gasteiger partial charge in [0.05, 0.1) is 0 Å². The maximum atomic E-state index is 10.2. The molecule has 1 saturated heterocycles. The molecule has 3 heteroatoms. The van der Waals surface area contributed by atoms with Gasteiger partial charge in [-0.05, 0) is 0 Å². The second-order valence-electron chi connectivity index (χ2n) is 1.66. The topological polar surface area (TPSA) is 55.6 Å². The molecule has 1 amide bonds. The Bertz CT molecular complexity index is 132. The number of epoxide rings is 1. The Morgan fingerprint density at radius 2 is 2.50 bits per heavy atom. The standard InChI is InChI=1S/C5H7NO2/c1-2-3-4(8-3)5(6)7/h2-4H,1H2,(H2,6,7). The molecule has 0 aromatic carbocycles. The van der Waals surface area contributed by atoms with Gasteiger partial charge in [0.1, 0.15) is 6.10 Å². The lowest BCUT2D eigenvalue weighted by Crippen LogP contribution is -2.19. The number of primary amides is 1. The Hall–Kier alpha value is -0.830. The predicted octanol–water partition coefficient (Wildman–Crippen LogP) is -0.575. The lowest BCUT2D eigenvalue weighted by atomic mass is 10.3. The van der Waals surface area contributed by atoms with Crippen molar-refractivity contribution < 1.29 is 9.53 Å². The van der Waals surface area contributed by atoms with E-state index in [-0.39, 0.29) is 6.10 Å². The minimum absolute atomic E-state index is 0.118. The summed E-state index contributed by atoms with van der Waals surface area (Å²) in [6, 6.07) is 0. The molecule has 0 radical (unpaired) electrons. The molecule has 0 spiro atoms. The van der Waals surface area contributed by atoms with Crippen molar-refractivity contribution in [3.8, 4) is 0 Å². The summed E-state index contributed by atoms with van der Waals surface area (Å²) < 4.78 is 4.73. The first kappa shape index (κ1) is 5.31. The fourth-order valence-corrected chi connectivity index (χ4v) is 0.532. The molecule has 3 nitrogen and oxygen atoms in total. The van der Waals surface area contributed by atoms with E-state index in [1.165, 1.54) is 0 Å². The van der Waals surface area contributed by atoms with E-state index in [4.69, 9.17) is 10.5 Å². The zero-order valence-corrected chi connectivity index (χ0v) is 4.33. The van der Waals surface area contributed by atoms with Crippen LogP contribution >= 0.6 is 0 Å². The summed E-state index contributed by atoms with van der Waals surface area (Å²) >= 11 is 0. The van der Waals surface area contributed by atoms with Crippen LogP contribution in [0.25, 0.3) is 0 Å². The zero-order chi connectivity index (χ0) is 6.15. The van der Waals surface area contributed by atoms with Gasteiger partial charge >= 0.3 is 0 Å². The quantitative estimate of drug-likeness (QED) is 0.385. The summed E-state index contributed by atoms with van der Waals surface area (Å²) in [4.78, 5) is 10.2. The number of carbonyl (C=O) groups is 1.